The molecule has 0 fully saturated rings. The summed E-state index contributed by atoms with van der Waals surface area (Å²) in [7, 11) is 1.69. The number of halogens is 1. The molecule has 0 atom stereocenters. The van der Waals surface area contributed by atoms with E-state index in [0.29, 0.717) is 18.1 Å². The summed E-state index contributed by atoms with van der Waals surface area (Å²) in [5.41, 5.74) is 0.724. The van der Waals surface area contributed by atoms with Crippen molar-refractivity contribution in [3.8, 4) is 0 Å². The van der Waals surface area contributed by atoms with E-state index in [1.54, 1.807) is 31.4 Å². The third-order valence-electron chi connectivity index (χ3n) is 2.88. The molecule has 0 heterocycles. The van der Waals surface area contributed by atoms with E-state index >= 15 is 0 Å². The van der Waals surface area contributed by atoms with E-state index in [1.807, 2.05) is 0 Å². The van der Waals surface area contributed by atoms with Crippen LogP contribution in [0.1, 0.15) is 23.7 Å². The fourth-order valence-corrected chi connectivity index (χ4v) is 1.81. The van der Waals surface area contributed by atoms with Gasteiger partial charge < -0.3 is 9.64 Å². The Hall–Kier alpha value is -0.900. The smallest absolute Gasteiger partial charge is 0.164 e. The molecule has 0 unspecified atom stereocenters. The third-order valence-corrected chi connectivity index (χ3v) is 3.13. The van der Waals surface area contributed by atoms with E-state index in [2.05, 4.69) is 11.8 Å². The Morgan fingerprint density at radius 1 is 1.28 bits per heavy atom. The zero-order valence-electron chi connectivity index (χ0n) is 11.0. The molecule has 0 N–H and O–H groups in total. The summed E-state index contributed by atoms with van der Waals surface area (Å²) in [5.74, 6) is 0.155. The van der Waals surface area contributed by atoms with Crippen LogP contribution in [0.15, 0.2) is 24.3 Å². The van der Waals surface area contributed by atoms with Gasteiger partial charge in [0.15, 0.2) is 5.78 Å². The van der Waals surface area contributed by atoms with Crippen LogP contribution >= 0.6 is 11.6 Å². The predicted octanol–water partition coefficient (Wildman–Crippen LogP) is 2.88. The number of likely N-dealkylation sites (N-methyl/N-ethyl adjacent to an activating group) is 1. The van der Waals surface area contributed by atoms with Crippen LogP contribution in [0.2, 0.25) is 5.02 Å². The normalized spacial score (nSPS) is 10.9. The number of hydrogen-bond acceptors (Lipinski definition) is 3. The number of rotatable bonds is 8. The van der Waals surface area contributed by atoms with Crippen molar-refractivity contribution in [2.45, 2.75) is 13.3 Å². The van der Waals surface area contributed by atoms with Crippen LogP contribution in [0.5, 0.6) is 0 Å². The zero-order chi connectivity index (χ0) is 13.4. The molecule has 1 rings (SSSR count). The van der Waals surface area contributed by atoms with Gasteiger partial charge in [0.2, 0.25) is 0 Å². The number of Topliss-reactive ketones (excluding diaryl/α,β-unsaturated/α-hetero) is 1. The number of methoxy groups -OCH3 is 1. The molecule has 18 heavy (non-hydrogen) atoms. The Kier molecular flexibility index (Phi) is 6.94. The molecule has 3 nitrogen and oxygen atoms in total. The SMILES string of the molecule is CCN(CCOC)CCC(=O)c1ccc(Cl)cc1. The number of carbonyl (C=O) groups excluding carboxylic acids is 1. The molecule has 0 spiro atoms. The summed E-state index contributed by atoms with van der Waals surface area (Å²) in [5, 5.41) is 0.654. The minimum Gasteiger partial charge on any atom is -0.383 e. The van der Waals surface area contributed by atoms with Crippen LogP contribution in [0.4, 0.5) is 0 Å². The Balaban J connectivity index is 2.42. The molecule has 100 valence electrons. The van der Waals surface area contributed by atoms with Crippen LogP contribution in [-0.2, 0) is 4.74 Å². The molecule has 0 aliphatic heterocycles. The number of ketones is 1. The first-order valence-electron chi connectivity index (χ1n) is 6.17. The monoisotopic (exact) mass is 269 g/mol. The van der Waals surface area contributed by atoms with Gasteiger partial charge in [0.05, 0.1) is 6.61 Å². The summed E-state index contributed by atoms with van der Waals surface area (Å²) in [6, 6.07) is 7.04. The first kappa shape index (κ1) is 15.2. The highest BCUT2D eigenvalue weighted by molar-refractivity contribution is 6.30. The van der Waals surface area contributed by atoms with Crippen molar-refractivity contribution in [2.75, 3.05) is 33.4 Å². The van der Waals surface area contributed by atoms with E-state index in [1.165, 1.54) is 0 Å². The van der Waals surface area contributed by atoms with Gasteiger partial charge in [-0.1, -0.05) is 18.5 Å². The van der Waals surface area contributed by atoms with Gasteiger partial charge in [0, 0.05) is 37.2 Å². The molecule has 1 aromatic carbocycles. The molecular weight excluding hydrogens is 250 g/mol. The molecule has 0 aliphatic rings. The van der Waals surface area contributed by atoms with Crippen molar-refractivity contribution in [2.24, 2.45) is 0 Å². The maximum atomic E-state index is 11.9. The lowest BCUT2D eigenvalue weighted by molar-refractivity contribution is 0.0952. The average Bonchev–Trinajstić information content (AvgIpc) is 2.39. The van der Waals surface area contributed by atoms with Gasteiger partial charge in [-0.25, -0.2) is 0 Å². The van der Waals surface area contributed by atoms with Crippen molar-refractivity contribution in [1.29, 1.82) is 0 Å². The summed E-state index contributed by atoms with van der Waals surface area (Å²) < 4.78 is 5.04. The zero-order valence-corrected chi connectivity index (χ0v) is 11.7. The van der Waals surface area contributed by atoms with Crippen molar-refractivity contribution < 1.29 is 9.53 Å². The fourth-order valence-electron chi connectivity index (χ4n) is 1.69. The molecule has 0 radical (unpaired) electrons. The highest BCUT2D eigenvalue weighted by Gasteiger charge is 2.08. The Bertz CT molecular complexity index is 365. The largest absolute Gasteiger partial charge is 0.383 e. The van der Waals surface area contributed by atoms with Crippen LogP contribution in [0, 0.1) is 0 Å². The lowest BCUT2D eigenvalue weighted by atomic mass is 10.1. The van der Waals surface area contributed by atoms with Crippen molar-refractivity contribution in [3.05, 3.63) is 34.9 Å². The van der Waals surface area contributed by atoms with Gasteiger partial charge in [0.25, 0.3) is 0 Å². The second-order valence-corrected chi connectivity index (χ2v) is 4.54. The van der Waals surface area contributed by atoms with Gasteiger partial charge in [-0.05, 0) is 30.8 Å². The van der Waals surface area contributed by atoms with Gasteiger partial charge >= 0.3 is 0 Å². The van der Waals surface area contributed by atoms with Gasteiger partial charge in [0.1, 0.15) is 0 Å². The lowest BCUT2D eigenvalue weighted by Gasteiger charge is -2.19. The Morgan fingerprint density at radius 3 is 2.50 bits per heavy atom. The highest BCUT2D eigenvalue weighted by atomic mass is 35.5. The first-order valence-corrected chi connectivity index (χ1v) is 6.55. The van der Waals surface area contributed by atoms with E-state index < -0.39 is 0 Å². The first-order chi connectivity index (χ1) is 8.67. The summed E-state index contributed by atoms with van der Waals surface area (Å²) in [6.07, 6.45) is 0.527. The van der Waals surface area contributed by atoms with Crippen molar-refractivity contribution in [3.63, 3.8) is 0 Å². The van der Waals surface area contributed by atoms with Gasteiger partial charge in [-0.3, -0.25) is 4.79 Å². The molecule has 0 saturated carbocycles. The van der Waals surface area contributed by atoms with Crippen LogP contribution < -0.4 is 0 Å². The van der Waals surface area contributed by atoms with Crippen molar-refractivity contribution in [1.82, 2.24) is 4.90 Å². The maximum absolute atomic E-state index is 11.9. The maximum Gasteiger partial charge on any atom is 0.164 e. The minimum absolute atomic E-state index is 0.155. The summed E-state index contributed by atoms with van der Waals surface area (Å²) in [4.78, 5) is 14.2. The van der Waals surface area contributed by atoms with Gasteiger partial charge in [-0.15, -0.1) is 0 Å². The number of carbonyl (C=O) groups is 1. The summed E-state index contributed by atoms with van der Waals surface area (Å²) >= 11 is 5.79. The van der Waals surface area contributed by atoms with E-state index in [9.17, 15) is 4.79 Å². The lowest BCUT2D eigenvalue weighted by Crippen LogP contribution is -2.29. The van der Waals surface area contributed by atoms with E-state index in [-0.39, 0.29) is 5.78 Å². The summed E-state index contributed by atoms with van der Waals surface area (Å²) in [6.45, 7) is 5.34. The Labute approximate surface area is 114 Å². The second kappa shape index (κ2) is 8.25. The highest BCUT2D eigenvalue weighted by Crippen LogP contribution is 2.11. The molecule has 0 saturated heterocycles. The average molecular weight is 270 g/mol. The topological polar surface area (TPSA) is 29.5 Å². The third kappa shape index (κ3) is 5.17. The van der Waals surface area contributed by atoms with Gasteiger partial charge in [-0.2, -0.15) is 0 Å². The van der Waals surface area contributed by atoms with Crippen LogP contribution in [0.3, 0.4) is 0 Å². The standard InChI is InChI=1S/C14H20ClNO2/c1-3-16(10-11-18-2)9-8-14(17)12-4-6-13(15)7-5-12/h4-7H,3,8-11H2,1-2H3. The Morgan fingerprint density at radius 2 is 1.94 bits per heavy atom. The molecule has 0 bridgehead atoms. The number of ether oxygens (including phenoxy) is 1. The van der Waals surface area contributed by atoms with E-state index in [0.717, 1.165) is 25.2 Å². The molecular formula is C14H20ClNO2. The number of nitrogens with zero attached hydrogens (tertiary/aromatic N) is 1. The predicted molar refractivity (Wildman–Crippen MR) is 74.4 cm³/mol. The minimum atomic E-state index is 0.155. The number of hydrogen-bond donors (Lipinski definition) is 0. The molecule has 0 aliphatic carbocycles. The quantitative estimate of drug-likeness (QED) is 0.680. The molecule has 0 amide bonds. The van der Waals surface area contributed by atoms with E-state index in [4.69, 9.17) is 16.3 Å². The van der Waals surface area contributed by atoms with Crippen LogP contribution in [-0.4, -0.2) is 44.0 Å². The van der Waals surface area contributed by atoms with Crippen molar-refractivity contribution >= 4 is 17.4 Å². The fraction of sp³-hybridized carbons (Fsp3) is 0.500. The number of benzene rings is 1. The second-order valence-electron chi connectivity index (χ2n) is 4.11. The molecule has 4 heteroatoms. The molecule has 1 aromatic rings. The molecule has 0 aromatic heterocycles. The van der Waals surface area contributed by atoms with Crippen LogP contribution in [0.25, 0.3) is 0 Å².